The number of aromatic amines is 1. The van der Waals surface area contributed by atoms with E-state index in [9.17, 15) is 18.4 Å². The van der Waals surface area contributed by atoms with Gasteiger partial charge >= 0.3 is 0 Å². The lowest BCUT2D eigenvalue weighted by atomic mass is 9.78. The molecule has 4 aromatic rings. The molecule has 2 amide bonds. The van der Waals surface area contributed by atoms with Crippen LogP contribution in [0.4, 0.5) is 8.78 Å². The number of carbonyl (C=O) groups is 2. The molecule has 2 aromatic carbocycles. The highest BCUT2D eigenvalue weighted by atomic mass is 19.1. The van der Waals surface area contributed by atoms with Crippen LogP contribution in [0.1, 0.15) is 37.0 Å². The third kappa shape index (κ3) is 2.42. The summed E-state index contributed by atoms with van der Waals surface area (Å²) in [5.41, 5.74) is 3.04. The minimum atomic E-state index is -0.595. The number of nitrogens with one attached hydrogen (secondary N) is 2. The molecule has 0 atom stereocenters. The van der Waals surface area contributed by atoms with Crippen LogP contribution in [0.25, 0.3) is 33.0 Å². The second kappa shape index (κ2) is 6.16. The predicted octanol–water partition coefficient (Wildman–Crippen LogP) is 4.65. The van der Waals surface area contributed by atoms with Gasteiger partial charge in [0, 0.05) is 46.4 Å². The molecule has 0 saturated carbocycles. The summed E-state index contributed by atoms with van der Waals surface area (Å²) in [6.07, 6.45) is 4.16. The highest BCUT2D eigenvalue weighted by molar-refractivity contribution is 6.50. The van der Waals surface area contributed by atoms with Crippen molar-refractivity contribution in [1.82, 2.24) is 14.9 Å². The van der Waals surface area contributed by atoms with Crippen LogP contribution < -0.4 is 5.32 Å². The van der Waals surface area contributed by atoms with E-state index in [4.69, 9.17) is 0 Å². The first-order chi connectivity index (χ1) is 15.3. The number of fused-ring (bicyclic) bond motifs is 1. The van der Waals surface area contributed by atoms with Gasteiger partial charge in [0.05, 0.1) is 16.7 Å². The Labute approximate surface area is 181 Å². The van der Waals surface area contributed by atoms with Crippen LogP contribution in [0.2, 0.25) is 0 Å². The van der Waals surface area contributed by atoms with Gasteiger partial charge < -0.3 is 9.55 Å². The molecule has 7 heteroatoms. The second-order valence-electron chi connectivity index (χ2n) is 9.12. The molecule has 160 valence electrons. The van der Waals surface area contributed by atoms with Gasteiger partial charge in [0.15, 0.2) is 0 Å². The molecule has 0 saturated heterocycles. The number of benzene rings is 2. The lowest BCUT2D eigenvalue weighted by molar-refractivity contribution is -0.122. The number of hydrogen-bond donors (Lipinski definition) is 2. The van der Waals surface area contributed by atoms with Crippen LogP contribution in [0, 0.1) is 11.6 Å². The number of aromatic nitrogens is 2. The van der Waals surface area contributed by atoms with Gasteiger partial charge in [-0.05, 0) is 41.7 Å². The van der Waals surface area contributed by atoms with Crippen LogP contribution in [0.3, 0.4) is 0 Å². The number of imide groups is 1. The number of H-pyrrole nitrogens is 1. The fraction of sp³-hybridized carbons (Fsp3) is 0.200. The molecule has 0 aliphatic carbocycles. The molecule has 0 radical (unpaired) electrons. The number of carbonyl (C=O) groups excluding carboxylic acids is 2. The van der Waals surface area contributed by atoms with Gasteiger partial charge in [-0.3, -0.25) is 14.9 Å². The highest BCUT2D eigenvalue weighted by Gasteiger charge is 2.37. The maximum absolute atomic E-state index is 14.7. The molecule has 2 aliphatic rings. The summed E-state index contributed by atoms with van der Waals surface area (Å²) in [4.78, 5) is 28.8. The fourth-order valence-electron chi connectivity index (χ4n) is 5.14. The van der Waals surface area contributed by atoms with Gasteiger partial charge in [-0.1, -0.05) is 19.9 Å². The zero-order chi connectivity index (χ0) is 22.4. The smallest absolute Gasteiger partial charge is 0.259 e. The van der Waals surface area contributed by atoms with Crippen LogP contribution >= 0.6 is 0 Å². The van der Waals surface area contributed by atoms with Gasteiger partial charge in [-0.15, -0.1) is 0 Å². The Morgan fingerprint density at radius 3 is 2.56 bits per heavy atom. The largest absolute Gasteiger partial charge is 0.360 e. The molecule has 32 heavy (non-hydrogen) atoms. The summed E-state index contributed by atoms with van der Waals surface area (Å²) < 4.78 is 31.4. The fourth-order valence-corrected chi connectivity index (χ4v) is 5.14. The minimum Gasteiger partial charge on any atom is -0.360 e. The van der Waals surface area contributed by atoms with E-state index in [1.165, 1.54) is 18.3 Å². The van der Waals surface area contributed by atoms with Crippen molar-refractivity contribution < 1.29 is 18.4 Å². The Kier molecular flexibility index (Phi) is 3.65. The Bertz CT molecular complexity index is 1540. The van der Waals surface area contributed by atoms with Gasteiger partial charge in [0.1, 0.15) is 11.6 Å². The molecule has 2 aliphatic heterocycles. The Morgan fingerprint density at radius 1 is 1.03 bits per heavy atom. The molecule has 4 heterocycles. The number of aryl methyl sites for hydroxylation is 1. The number of rotatable bonds is 2. The van der Waals surface area contributed by atoms with Crippen molar-refractivity contribution >= 4 is 44.8 Å². The minimum absolute atomic E-state index is 0.0923. The summed E-state index contributed by atoms with van der Waals surface area (Å²) in [6, 6.07) is 7.54. The summed E-state index contributed by atoms with van der Waals surface area (Å²) in [5, 5.41) is 3.17. The van der Waals surface area contributed by atoms with Crippen molar-refractivity contribution in [1.29, 1.82) is 0 Å². The van der Waals surface area contributed by atoms with E-state index in [1.54, 1.807) is 18.2 Å². The van der Waals surface area contributed by atoms with Gasteiger partial charge in [-0.2, -0.15) is 0 Å². The molecule has 2 N–H and O–H groups in total. The van der Waals surface area contributed by atoms with Gasteiger partial charge in [0.25, 0.3) is 11.8 Å². The van der Waals surface area contributed by atoms with Crippen molar-refractivity contribution in [3.05, 3.63) is 71.1 Å². The molecule has 0 bridgehead atoms. The Morgan fingerprint density at radius 2 is 1.78 bits per heavy atom. The summed E-state index contributed by atoms with van der Waals surface area (Å²) in [6.45, 7) is 4.85. The van der Waals surface area contributed by atoms with E-state index in [2.05, 4.69) is 24.1 Å². The topological polar surface area (TPSA) is 66.9 Å². The van der Waals surface area contributed by atoms with Crippen LogP contribution in [-0.4, -0.2) is 21.4 Å². The van der Waals surface area contributed by atoms with E-state index < -0.39 is 23.4 Å². The second-order valence-corrected chi connectivity index (χ2v) is 9.12. The summed E-state index contributed by atoms with van der Waals surface area (Å²) >= 11 is 0. The van der Waals surface area contributed by atoms with Crippen LogP contribution in [-0.2, 0) is 21.5 Å². The molecule has 6 rings (SSSR count). The molecular weight excluding hydrogens is 412 g/mol. The first kappa shape index (κ1) is 19.0. The molecule has 5 nitrogen and oxygen atoms in total. The van der Waals surface area contributed by atoms with E-state index in [0.29, 0.717) is 28.6 Å². The normalized spacial score (nSPS) is 17.6. The maximum Gasteiger partial charge on any atom is 0.259 e. The van der Waals surface area contributed by atoms with Crippen LogP contribution in [0.5, 0.6) is 0 Å². The zero-order valence-corrected chi connectivity index (χ0v) is 17.5. The van der Waals surface area contributed by atoms with Crippen molar-refractivity contribution in [3.63, 3.8) is 0 Å². The van der Waals surface area contributed by atoms with Crippen molar-refractivity contribution in [2.24, 2.45) is 0 Å². The van der Waals surface area contributed by atoms with Crippen molar-refractivity contribution in [2.45, 2.75) is 32.2 Å². The monoisotopic (exact) mass is 431 g/mol. The van der Waals surface area contributed by atoms with Crippen LogP contribution in [0.15, 0.2) is 42.7 Å². The van der Waals surface area contributed by atoms with Gasteiger partial charge in [0.2, 0.25) is 0 Å². The van der Waals surface area contributed by atoms with E-state index >= 15 is 0 Å². The Hall–Kier alpha value is -3.74. The Balaban J connectivity index is 1.71. The highest BCUT2D eigenvalue weighted by Crippen LogP contribution is 2.44. The quantitative estimate of drug-likeness (QED) is 0.454. The number of nitrogens with zero attached hydrogens (tertiary/aromatic N) is 1. The molecular formula is C25H19F2N3O2. The van der Waals surface area contributed by atoms with E-state index in [1.807, 2.05) is 10.8 Å². The molecule has 0 fully saturated rings. The number of halogens is 2. The zero-order valence-electron chi connectivity index (χ0n) is 17.5. The summed E-state index contributed by atoms with van der Waals surface area (Å²) in [7, 11) is 0. The number of hydrogen-bond acceptors (Lipinski definition) is 2. The molecule has 0 unspecified atom stereocenters. The van der Waals surface area contributed by atoms with Crippen molar-refractivity contribution in [3.8, 4) is 0 Å². The first-order valence-electron chi connectivity index (χ1n) is 10.5. The number of amides is 2. The van der Waals surface area contributed by atoms with E-state index in [-0.39, 0.29) is 21.9 Å². The molecule has 2 aromatic heterocycles. The lowest BCUT2D eigenvalue weighted by Gasteiger charge is -2.31. The standard InChI is InChI=1S/C25H19F2N3O2/c1-25(2)6-7-30-11-15(13-8-12(26)9-16(25)22(13)30)21-20(23(31)29-24(21)32)14-10-28-18-5-3-4-17(27)19(14)18/h3-5,8-11,28H,6-7H2,1-2H3,(H,29,31,32). The average Bonchev–Trinajstić information content (AvgIpc) is 3.39. The maximum atomic E-state index is 14.7. The molecule has 0 spiro atoms. The lowest BCUT2D eigenvalue weighted by Crippen LogP contribution is -2.25. The third-order valence-corrected chi connectivity index (χ3v) is 6.77. The van der Waals surface area contributed by atoms with Gasteiger partial charge in [-0.25, -0.2) is 8.78 Å². The van der Waals surface area contributed by atoms with Crippen molar-refractivity contribution in [2.75, 3.05) is 0 Å². The SMILES string of the molecule is CC1(C)CCn2cc(C3=C(c4c[nH]c5cccc(F)c45)C(=O)NC3=O)c3cc(F)cc1c32. The first-order valence-corrected chi connectivity index (χ1v) is 10.5. The average molecular weight is 431 g/mol. The van der Waals surface area contributed by atoms with E-state index in [0.717, 1.165) is 17.5 Å². The predicted molar refractivity (Wildman–Crippen MR) is 118 cm³/mol. The summed E-state index contributed by atoms with van der Waals surface area (Å²) in [5.74, 6) is -2.05. The third-order valence-electron chi connectivity index (χ3n) is 6.77.